The predicted molar refractivity (Wildman–Crippen MR) is 148 cm³/mol. The molecule has 2 aromatic rings. The first-order chi connectivity index (χ1) is 17.5. The van der Waals surface area contributed by atoms with Crippen molar-refractivity contribution in [2.75, 3.05) is 26.7 Å². The van der Waals surface area contributed by atoms with Gasteiger partial charge >= 0.3 is 0 Å². The van der Waals surface area contributed by atoms with Crippen molar-refractivity contribution in [3.8, 4) is 0 Å². The number of hydrogen-bond donors (Lipinski definition) is 2. The number of carbonyl (C=O) groups excluding carboxylic acids is 3. The summed E-state index contributed by atoms with van der Waals surface area (Å²) in [5.41, 5.74) is 6.67. The normalized spacial score (nSPS) is 16.8. The van der Waals surface area contributed by atoms with Crippen LogP contribution < -0.4 is 11.1 Å². The van der Waals surface area contributed by atoms with Crippen LogP contribution >= 0.6 is 12.4 Å². The number of nitrogens with two attached hydrogens (primary N) is 1. The summed E-state index contributed by atoms with van der Waals surface area (Å²) in [6, 6.07) is 13.3. The Morgan fingerprint density at radius 1 is 1.19 bits per heavy atom. The molecule has 0 bridgehead atoms. The molecule has 37 heavy (non-hydrogen) atoms. The zero-order valence-corrected chi connectivity index (χ0v) is 22.9. The highest BCUT2D eigenvalue weighted by Crippen LogP contribution is 2.27. The summed E-state index contributed by atoms with van der Waals surface area (Å²) in [7, 11) is 1.55. The van der Waals surface area contributed by atoms with Crippen LogP contribution in [0.3, 0.4) is 0 Å². The average molecular weight is 533 g/mol. The Kier molecular flexibility index (Phi) is 12.3. The van der Waals surface area contributed by atoms with Gasteiger partial charge in [-0.3, -0.25) is 14.4 Å². The van der Waals surface area contributed by atoms with Crippen molar-refractivity contribution < 1.29 is 19.1 Å². The summed E-state index contributed by atoms with van der Waals surface area (Å²) in [6.07, 6.45) is 3.24. The second kappa shape index (κ2) is 14.9. The summed E-state index contributed by atoms with van der Waals surface area (Å²) in [5, 5.41) is 5.10. The number of nitrogens with zero attached hydrogens (tertiary/aromatic N) is 2. The number of ether oxygens (including phenoxy) is 1. The summed E-state index contributed by atoms with van der Waals surface area (Å²) in [4.78, 5) is 42.7. The molecule has 0 saturated carbocycles. The third kappa shape index (κ3) is 7.43. The first-order valence-corrected chi connectivity index (χ1v) is 13.0. The molecule has 0 aromatic heterocycles. The summed E-state index contributed by atoms with van der Waals surface area (Å²) >= 11 is 0. The Morgan fingerprint density at radius 2 is 1.89 bits per heavy atom. The molecule has 3 atom stereocenters. The van der Waals surface area contributed by atoms with Gasteiger partial charge in [-0.2, -0.15) is 0 Å². The van der Waals surface area contributed by atoms with Crippen LogP contribution in [0.5, 0.6) is 0 Å². The first-order valence-electron chi connectivity index (χ1n) is 13.0. The van der Waals surface area contributed by atoms with Gasteiger partial charge in [-0.15, -0.1) is 12.4 Å². The van der Waals surface area contributed by atoms with Gasteiger partial charge in [-0.05, 0) is 42.0 Å². The maximum Gasteiger partial charge on any atom is 0.243 e. The fraction of sp³-hybridized carbons (Fsp3) is 0.536. The van der Waals surface area contributed by atoms with Gasteiger partial charge in [0.05, 0.1) is 6.10 Å². The number of amides is 3. The van der Waals surface area contributed by atoms with Crippen LogP contribution in [0.25, 0.3) is 10.8 Å². The number of carbonyl (C=O) groups is 3. The number of fused-ring (bicyclic) bond motifs is 1. The third-order valence-corrected chi connectivity index (χ3v) is 7.31. The zero-order chi connectivity index (χ0) is 26.1. The molecule has 9 heteroatoms. The second-order valence-corrected chi connectivity index (χ2v) is 9.46. The van der Waals surface area contributed by atoms with Gasteiger partial charge in [0.2, 0.25) is 18.2 Å². The maximum atomic E-state index is 13.5. The Hall–Kier alpha value is -2.68. The molecule has 1 aliphatic rings. The molecule has 0 radical (unpaired) electrons. The largest absolute Gasteiger partial charge is 0.378 e. The molecule has 3 rings (SSSR count). The van der Waals surface area contributed by atoms with Crippen LogP contribution in [0.4, 0.5) is 0 Å². The molecular weight excluding hydrogens is 492 g/mol. The maximum absolute atomic E-state index is 13.5. The van der Waals surface area contributed by atoms with Gasteiger partial charge in [-0.1, -0.05) is 56.3 Å². The number of likely N-dealkylation sites (tertiary alicyclic amines) is 1. The molecule has 0 spiro atoms. The molecule has 0 aliphatic carbocycles. The lowest BCUT2D eigenvalue weighted by molar-refractivity contribution is -0.147. The molecular formula is C28H41ClN4O4. The molecule has 204 valence electrons. The van der Waals surface area contributed by atoms with Crippen molar-refractivity contribution in [3.05, 3.63) is 48.0 Å². The molecule has 2 aromatic carbocycles. The fourth-order valence-corrected chi connectivity index (χ4v) is 5.06. The van der Waals surface area contributed by atoms with E-state index < -0.39 is 12.2 Å². The van der Waals surface area contributed by atoms with E-state index in [4.69, 9.17) is 10.5 Å². The van der Waals surface area contributed by atoms with Crippen molar-refractivity contribution in [3.63, 3.8) is 0 Å². The Balaban J connectivity index is 0.00000481. The van der Waals surface area contributed by atoms with E-state index in [1.54, 1.807) is 16.9 Å². The molecule has 1 saturated heterocycles. The predicted octanol–water partition coefficient (Wildman–Crippen LogP) is 3.11. The minimum atomic E-state index is -0.779. The topological polar surface area (TPSA) is 105 Å². The Bertz CT molecular complexity index is 1030. The van der Waals surface area contributed by atoms with E-state index in [1.807, 2.05) is 50.2 Å². The highest BCUT2D eigenvalue weighted by molar-refractivity contribution is 5.86. The van der Waals surface area contributed by atoms with E-state index in [9.17, 15) is 14.4 Å². The number of methoxy groups -OCH3 is 1. The first kappa shape index (κ1) is 30.5. The number of hydrogen-bond acceptors (Lipinski definition) is 5. The molecule has 3 amide bonds. The second-order valence-electron chi connectivity index (χ2n) is 9.46. The van der Waals surface area contributed by atoms with E-state index in [1.165, 1.54) is 0 Å². The van der Waals surface area contributed by atoms with Crippen LogP contribution in [0.2, 0.25) is 0 Å². The summed E-state index contributed by atoms with van der Waals surface area (Å²) in [6.45, 7) is 5.12. The number of benzene rings is 2. The molecule has 1 heterocycles. The average Bonchev–Trinajstić information content (AvgIpc) is 3.39. The van der Waals surface area contributed by atoms with Crippen molar-refractivity contribution in [2.24, 2.45) is 11.7 Å². The van der Waals surface area contributed by atoms with Crippen LogP contribution in [0, 0.1) is 5.92 Å². The van der Waals surface area contributed by atoms with E-state index in [2.05, 4.69) is 11.4 Å². The highest BCUT2D eigenvalue weighted by Gasteiger charge is 2.39. The standard InChI is InChI=1S/C28H40N4O4.ClH/c1-4-21(5-2)28(35)31-14-8-11-26(31)32(19-33)25(27(34)30-18-24(17-29)36-3)16-20-12-13-22-9-6-7-10-23(22)15-20;/h6-7,9-10,12-13,15,19,21,24-26H,4-5,8,11,14,16-18,29H2,1-3H3,(H,30,34);1H/t24?,25-,26?;/m1./s1. The van der Waals surface area contributed by atoms with Crippen LogP contribution in [0.1, 0.15) is 45.1 Å². The Morgan fingerprint density at radius 3 is 2.51 bits per heavy atom. The smallest absolute Gasteiger partial charge is 0.243 e. The van der Waals surface area contributed by atoms with Gasteiger partial charge in [0.25, 0.3) is 0 Å². The number of nitrogens with one attached hydrogen (secondary N) is 1. The lowest BCUT2D eigenvalue weighted by Crippen LogP contribution is -2.57. The van der Waals surface area contributed by atoms with Crippen molar-refractivity contribution >= 4 is 41.4 Å². The van der Waals surface area contributed by atoms with E-state index in [0.717, 1.165) is 42.0 Å². The molecule has 1 fully saturated rings. The minimum Gasteiger partial charge on any atom is -0.378 e. The number of halogens is 1. The molecule has 8 nitrogen and oxygen atoms in total. The van der Waals surface area contributed by atoms with Crippen LogP contribution in [-0.4, -0.2) is 73.1 Å². The van der Waals surface area contributed by atoms with E-state index >= 15 is 0 Å². The molecule has 1 aliphatic heterocycles. The fourth-order valence-electron chi connectivity index (χ4n) is 5.06. The van der Waals surface area contributed by atoms with Gasteiger partial charge in [-0.25, -0.2) is 0 Å². The van der Waals surface area contributed by atoms with Gasteiger partial charge in [0, 0.05) is 39.1 Å². The van der Waals surface area contributed by atoms with Crippen LogP contribution in [-0.2, 0) is 25.5 Å². The van der Waals surface area contributed by atoms with Gasteiger partial charge in [0.15, 0.2) is 0 Å². The SMILES string of the molecule is CCC(CC)C(=O)N1CCCC1N(C=O)[C@H](Cc1ccc2ccccc2c1)C(=O)NCC(CN)OC.Cl. The third-order valence-electron chi connectivity index (χ3n) is 7.31. The van der Waals surface area contributed by atoms with Gasteiger partial charge < -0.3 is 25.6 Å². The lowest BCUT2D eigenvalue weighted by Gasteiger charge is -2.38. The Labute approximate surface area is 226 Å². The summed E-state index contributed by atoms with van der Waals surface area (Å²) in [5.74, 6) is -0.312. The monoisotopic (exact) mass is 532 g/mol. The van der Waals surface area contributed by atoms with Crippen LogP contribution in [0.15, 0.2) is 42.5 Å². The molecule has 3 N–H and O–H groups in total. The quantitative estimate of drug-likeness (QED) is 0.386. The summed E-state index contributed by atoms with van der Waals surface area (Å²) < 4.78 is 5.31. The van der Waals surface area contributed by atoms with Crippen molar-refractivity contribution in [1.82, 2.24) is 15.1 Å². The zero-order valence-electron chi connectivity index (χ0n) is 22.1. The van der Waals surface area contributed by atoms with E-state index in [-0.39, 0.29) is 49.3 Å². The van der Waals surface area contributed by atoms with E-state index in [0.29, 0.717) is 19.4 Å². The minimum absolute atomic E-state index is 0. The van der Waals surface area contributed by atoms with Crippen molar-refractivity contribution in [2.45, 2.75) is 64.3 Å². The highest BCUT2D eigenvalue weighted by atomic mass is 35.5. The van der Waals surface area contributed by atoms with Gasteiger partial charge in [0.1, 0.15) is 12.2 Å². The lowest BCUT2D eigenvalue weighted by atomic mass is 9.99. The van der Waals surface area contributed by atoms with Crippen molar-refractivity contribution in [1.29, 1.82) is 0 Å². The number of rotatable bonds is 13. The molecule has 2 unspecified atom stereocenters.